The van der Waals surface area contributed by atoms with Crippen LogP contribution >= 0.6 is 11.8 Å². The van der Waals surface area contributed by atoms with Gasteiger partial charge in [-0.2, -0.15) is 0 Å². The highest BCUT2D eigenvalue weighted by atomic mass is 32.2. The number of benzene rings is 1. The van der Waals surface area contributed by atoms with Crippen LogP contribution in [0.2, 0.25) is 0 Å². The minimum atomic E-state index is -0.981. The van der Waals surface area contributed by atoms with Gasteiger partial charge in [0.05, 0.1) is 7.11 Å². The SMILES string of the molecule is COc1ccccc1Cc1nnc(SC(C)C(=O)O)[nH]c1=O. The first-order valence-corrected chi connectivity index (χ1v) is 7.36. The third-order valence-electron chi connectivity index (χ3n) is 2.93. The third kappa shape index (κ3) is 3.85. The summed E-state index contributed by atoms with van der Waals surface area (Å²) in [6.07, 6.45) is 0.284. The number of methoxy groups -OCH3 is 1. The van der Waals surface area contributed by atoms with Crippen molar-refractivity contribution >= 4 is 17.7 Å². The average Bonchev–Trinajstić information content (AvgIpc) is 2.50. The molecule has 0 bridgehead atoms. The topological polar surface area (TPSA) is 105 Å². The molecule has 1 unspecified atom stereocenters. The van der Waals surface area contributed by atoms with Crippen LogP contribution in [0.15, 0.2) is 34.2 Å². The van der Waals surface area contributed by atoms with Crippen molar-refractivity contribution in [3.63, 3.8) is 0 Å². The number of rotatable bonds is 6. The first-order valence-electron chi connectivity index (χ1n) is 6.48. The zero-order chi connectivity index (χ0) is 16.1. The molecule has 0 saturated carbocycles. The molecule has 0 aliphatic rings. The van der Waals surface area contributed by atoms with Crippen LogP contribution in [0.25, 0.3) is 0 Å². The number of aromatic amines is 1. The van der Waals surface area contributed by atoms with Crippen LogP contribution in [0.5, 0.6) is 5.75 Å². The molecule has 2 aromatic rings. The van der Waals surface area contributed by atoms with Crippen LogP contribution in [0, 0.1) is 0 Å². The molecule has 2 rings (SSSR count). The third-order valence-corrected chi connectivity index (χ3v) is 3.89. The van der Waals surface area contributed by atoms with Crippen molar-refractivity contribution < 1.29 is 14.6 Å². The molecule has 8 heteroatoms. The number of carboxylic acid groups (broad SMARTS) is 1. The number of thioether (sulfide) groups is 1. The number of nitrogens with zero attached hydrogens (tertiary/aromatic N) is 2. The number of aliphatic carboxylic acids is 1. The Balaban J connectivity index is 2.20. The van der Waals surface area contributed by atoms with Crippen LogP contribution in [-0.4, -0.2) is 38.6 Å². The predicted octanol–water partition coefficient (Wildman–Crippen LogP) is 1.33. The van der Waals surface area contributed by atoms with Gasteiger partial charge in [0.25, 0.3) is 5.56 Å². The first kappa shape index (κ1) is 16.0. The number of carboxylic acids is 1. The summed E-state index contributed by atoms with van der Waals surface area (Å²) >= 11 is 0.935. The van der Waals surface area contributed by atoms with E-state index in [0.717, 1.165) is 17.3 Å². The fraction of sp³-hybridized carbons (Fsp3) is 0.286. The van der Waals surface area contributed by atoms with E-state index in [1.54, 1.807) is 13.2 Å². The maximum atomic E-state index is 12.0. The van der Waals surface area contributed by atoms with Gasteiger partial charge < -0.3 is 9.84 Å². The molecule has 1 atom stereocenters. The zero-order valence-corrected chi connectivity index (χ0v) is 12.9. The molecule has 0 amide bonds. The summed E-state index contributed by atoms with van der Waals surface area (Å²) in [5.41, 5.74) is 0.682. The van der Waals surface area contributed by atoms with Gasteiger partial charge in [-0.15, -0.1) is 10.2 Å². The summed E-state index contributed by atoms with van der Waals surface area (Å²) in [5.74, 6) is -0.313. The van der Waals surface area contributed by atoms with Crippen molar-refractivity contribution in [2.45, 2.75) is 23.8 Å². The number of para-hydroxylation sites is 1. The van der Waals surface area contributed by atoms with Crippen LogP contribution in [-0.2, 0) is 11.2 Å². The highest BCUT2D eigenvalue weighted by molar-refractivity contribution is 8.00. The number of nitrogens with one attached hydrogen (secondary N) is 1. The highest BCUT2D eigenvalue weighted by Gasteiger charge is 2.15. The Morgan fingerprint density at radius 1 is 1.41 bits per heavy atom. The summed E-state index contributed by atoms with van der Waals surface area (Å²) in [6, 6.07) is 7.33. The first-order chi connectivity index (χ1) is 10.5. The molecule has 0 saturated heterocycles. The van der Waals surface area contributed by atoms with Crippen molar-refractivity contribution in [2.24, 2.45) is 0 Å². The molecule has 7 nitrogen and oxygen atoms in total. The summed E-state index contributed by atoms with van der Waals surface area (Å²) in [6.45, 7) is 1.51. The highest BCUT2D eigenvalue weighted by Crippen LogP contribution is 2.20. The lowest BCUT2D eigenvalue weighted by Crippen LogP contribution is -2.20. The van der Waals surface area contributed by atoms with Crippen LogP contribution < -0.4 is 10.3 Å². The minimum Gasteiger partial charge on any atom is -0.496 e. The van der Waals surface area contributed by atoms with Crippen LogP contribution in [0.4, 0.5) is 0 Å². The Kier molecular flexibility index (Phi) is 5.16. The predicted molar refractivity (Wildman–Crippen MR) is 81.4 cm³/mol. The molecule has 1 aromatic heterocycles. The Morgan fingerprint density at radius 3 is 2.77 bits per heavy atom. The van der Waals surface area contributed by atoms with Gasteiger partial charge in [-0.3, -0.25) is 14.6 Å². The molecule has 0 aliphatic carbocycles. The van der Waals surface area contributed by atoms with Gasteiger partial charge in [-0.1, -0.05) is 30.0 Å². The Labute approximate surface area is 130 Å². The molecule has 0 radical (unpaired) electrons. The second kappa shape index (κ2) is 7.08. The van der Waals surface area contributed by atoms with Crippen molar-refractivity contribution in [1.29, 1.82) is 0 Å². The van der Waals surface area contributed by atoms with Crippen molar-refractivity contribution in [3.05, 3.63) is 45.9 Å². The summed E-state index contributed by atoms with van der Waals surface area (Å²) in [5, 5.41) is 16.1. The maximum absolute atomic E-state index is 12.0. The van der Waals surface area contributed by atoms with E-state index >= 15 is 0 Å². The molecule has 116 valence electrons. The number of carbonyl (C=O) groups is 1. The monoisotopic (exact) mass is 321 g/mol. The minimum absolute atomic E-state index is 0.184. The fourth-order valence-corrected chi connectivity index (χ4v) is 2.44. The van der Waals surface area contributed by atoms with Gasteiger partial charge in [-0.05, 0) is 13.0 Å². The molecule has 0 fully saturated rings. The Hall–Kier alpha value is -2.35. The lowest BCUT2D eigenvalue weighted by atomic mass is 10.1. The maximum Gasteiger partial charge on any atom is 0.316 e. The van der Waals surface area contributed by atoms with E-state index < -0.39 is 11.2 Å². The summed E-state index contributed by atoms with van der Waals surface area (Å²) in [4.78, 5) is 25.4. The van der Waals surface area contributed by atoms with Crippen molar-refractivity contribution in [2.75, 3.05) is 7.11 Å². The largest absolute Gasteiger partial charge is 0.496 e. The number of hydrogen-bond donors (Lipinski definition) is 2. The van der Waals surface area contributed by atoms with Crippen molar-refractivity contribution in [3.8, 4) is 5.75 Å². The normalized spacial score (nSPS) is 11.9. The number of aromatic nitrogens is 3. The quantitative estimate of drug-likeness (QED) is 0.773. The second-order valence-electron chi connectivity index (χ2n) is 4.49. The number of hydrogen-bond acceptors (Lipinski definition) is 6. The lowest BCUT2D eigenvalue weighted by molar-refractivity contribution is -0.136. The van der Waals surface area contributed by atoms with E-state index in [9.17, 15) is 9.59 Å². The van der Waals surface area contributed by atoms with E-state index in [1.165, 1.54) is 6.92 Å². The van der Waals surface area contributed by atoms with E-state index in [0.29, 0.717) is 5.75 Å². The van der Waals surface area contributed by atoms with Crippen molar-refractivity contribution in [1.82, 2.24) is 15.2 Å². The smallest absolute Gasteiger partial charge is 0.316 e. The van der Waals surface area contributed by atoms with Gasteiger partial charge in [-0.25, -0.2) is 0 Å². The molecular weight excluding hydrogens is 306 g/mol. The Morgan fingerprint density at radius 2 is 2.14 bits per heavy atom. The fourth-order valence-electron chi connectivity index (χ4n) is 1.76. The van der Waals surface area contributed by atoms with Crippen LogP contribution in [0.3, 0.4) is 0 Å². The summed E-state index contributed by atoms with van der Waals surface area (Å²) < 4.78 is 5.23. The van der Waals surface area contributed by atoms with E-state index in [4.69, 9.17) is 9.84 Å². The van der Waals surface area contributed by atoms with Gasteiger partial charge >= 0.3 is 5.97 Å². The van der Waals surface area contributed by atoms with E-state index in [2.05, 4.69) is 15.2 Å². The molecule has 22 heavy (non-hydrogen) atoms. The zero-order valence-electron chi connectivity index (χ0n) is 12.1. The second-order valence-corrected chi connectivity index (χ2v) is 5.82. The average molecular weight is 321 g/mol. The molecule has 0 aliphatic heterocycles. The van der Waals surface area contributed by atoms with Gasteiger partial charge in [0.15, 0.2) is 5.16 Å². The molecular formula is C14H15N3O4S. The number of ether oxygens (including phenoxy) is 1. The molecule has 0 spiro atoms. The van der Waals surface area contributed by atoms with Crippen LogP contribution in [0.1, 0.15) is 18.2 Å². The molecule has 1 aromatic carbocycles. The van der Waals surface area contributed by atoms with E-state index in [-0.39, 0.29) is 22.8 Å². The lowest BCUT2D eigenvalue weighted by Gasteiger charge is -2.07. The van der Waals surface area contributed by atoms with E-state index in [1.807, 2.05) is 18.2 Å². The van der Waals surface area contributed by atoms with Gasteiger partial charge in [0.1, 0.15) is 16.7 Å². The van der Waals surface area contributed by atoms with Gasteiger partial charge in [0.2, 0.25) is 0 Å². The Bertz CT molecular complexity index is 732. The number of H-pyrrole nitrogens is 1. The standard InChI is InChI=1S/C14H15N3O4S/c1-8(13(19)20)22-14-15-12(18)10(16-17-14)7-9-5-3-4-6-11(9)21-2/h3-6,8H,7H2,1-2H3,(H,19,20)(H,15,17,18). The molecule has 2 N–H and O–H groups in total. The summed E-state index contributed by atoms with van der Waals surface area (Å²) in [7, 11) is 1.56. The van der Waals surface area contributed by atoms with Gasteiger partial charge in [0, 0.05) is 12.0 Å². The molecule has 1 heterocycles.